The van der Waals surface area contributed by atoms with Gasteiger partial charge in [0.05, 0.1) is 6.04 Å². The lowest BCUT2D eigenvalue weighted by Crippen LogP contribution is -2.37. The molecule has 0 radical (unpaired) electrons. The first-order valence-electron chi connectivity index (χ1n) is 2.23. The molecule has 0 spiro atoms. The molecule has 0 saturated carbocycles. The van der Waals surface area contributed by atoms with Gasteiger partial charge in [-0.2, -0.15) is 0 Å². The Morgan fingerprint density at radius 3 is 2.57 bits per heavy atom. The van der Waals surface area contributed by atoms with Crippen molar-refractivity contribution < 1.29 is 5.11 Å². The van der Waals surface area contributed by atoms with E-state index in [1.54, 1.807) is 0 Å². The number of nitrogens with two attached hydrogens (primary N) is 1. The van der Waals surface area contributed by atoms with E-state index in [1.165, 1.54) is 0 Å². The van der Waals surface area contributed by atoms with Crippen molar-refractivity contribution in [2.75, 3.05) is 6.54 Å². The van der Waals surface area contributed by atoms with Crippen molar-refractivity contribution in [2.24, 2.45) is 5.73 Å². The number of aliphatic hydroxyl groups excluding tert-OH is 1. The van der Waals surface area contributed by atoms with Gasteiger partial charge < -0.3 is 10.8 Å². The zero-order chi connectivity index (χ0) is 5.28. The third kappa shape index (κ3) is 0.889. The van der Waals surface area contributed by atoms with E-state index in [2.05, 4.69) is 10.9 Å². The summed E-state index contributed by atoms with van der Waals surface area (Å²) in [5, 5.41) is 8.70. The Morgan fingerprint density at radius 2 is 2.43 bits per heavy atom. The van der Waals surface area contributed by atoms with Crippen LogP contribution >= 0.6 is 0 Å². The molecule has 1 rings (SSSR count). The minimum absolute atomic E-state index is 0.153. The van der Waals surface area contributed by atoms with E-state index in [-0.39, 0.29) is 6.04 Å². The Labute approximate surface area is 41.7 Å². The summed E-state index contributed by atoms with van der Waals surface area (Å²) in [4.78, 5) is 0. The highest BCUT2D eigenvalue weighted by Crippen LogP contribution is 1.86. The summed E-state index contributed by atoms with van der Waals surface area (Å²) in [5.41, 5.74) is 10.5. The molecule has 5 N–H and O–H groups in total. The van der Waals surface area contributed by atoms with Crippen molar-refractivity contribution in [3.8, 4) is 0 Å². The summed E-state index contributed by atoms with van der Waals surface area (Å²) >= 11 is 0. The second kappa shape index (κ2) is 1.75. The van der Waals surface area contributed by atoms with E-state index in [0.29, 0.717) is 6.54 Å². The summed E-state index contributed by atoms with van der Waals surface area (Å²) in [6.45, 7) is 0.640. The van der Waals surface area contributed by atoms with Crippen molar-refractivity contribution in [1.82, 2.24) is 10.9 Å². The fourth-order valence-electron chi connectivity index (χ4n) is 0.500. The van der Waals surface area contributed by atoms with Crippen LogP contribution in [-0.2, 0) is 0 Å². The first kappa shape index (κ1) is 4.99. The Morgan fingerprint density at radius 1 is 1.71 bits per heavy atom. The van der Waals surface area contributed by atoms with Crippen LogP contribution in [0.2, 0.25) is 0 Å². The molecule has 2 unspecified atom stereocenters. The zero-order valence-electron chi connectivity index (χ0n) is 3.89. The molecule has 1 fully saturated rings. The van der Waals surface area contributed by atoms with Crippen LogP contribution in [-0.4, -0.2) is 23.9 Å². The second-order valence-electron chi connectivity index (χ2n) is 1.63. The summed E-state index contributed by atoms with van der Waals surface area (Å²) in [5.74, 6) is 0. The smallest absolute Gasteiger partial charge is 0.133 e. The molecule has 0 aromatic rings. The average Bonchev–Trinajstić information content (AvgIpc) is 1.91. The van der Waals surface area contributed by atoms with Gasteiger partial charge in [-0.15, -0.1) is 0 Å². The van der Waals surface area contributed by atoms with Gasteiger partial charge in [0.15, 0.2) is 0 Å². The van der Waals surface area contributed by atoms with Crippen molar-refractivity contribution in [1.29, 1.82) is 0 Å². The molecule has 0 aromatic heterocycles. The van der Waals surface area contributed by atoms with Gasteiger partial charge in [-0.1, -0.05) is 0 Å². The highest BCUT2D eigenvalue weighted by Gasteiger charge is 2.18. The molecule has 1 saturated heterocycles. The molecule has 42 valence electrons. The van der Waals surface area contributed by atoms with Crippen LogP contribution in [0.3, 0.4) is 0 Å². The van der Waals surface area contributed by atoms with Crippen LogP contribution in [0, 0.1) is 0 Å². The van der Waals surface area contributed by atoms with Crippen LogP contribution in [0.5, 0.6) is 0 Å². The molecular weight excluding hydrogens is 94.1 g/mol. The Bertz CT molecular complexity index is 59.2. The van der Waals surface area contributed by atoms with Gasteiger partial charge in [0, 0.05) is 6.54 Å². The average molecular weight is 103 g/mol. The van der Waals surface area contributed by atoms with Crippen molar-refractivity contribution in [3.05, 3.63) is 0 Å². The predicted molar refractivity (Wildman–Crippen MR) is 25.1 cm³/mol. The molecule has 0 aliphatic carbocycles. The molecule has 0 amide bonds. The lowest BCUT2D eigenvalue weighted by molar-refractivity contribution is 0.139. The minimum atomic E-state index is -0.569. The van der Waals surface area contributed by atoms with Crippen LogP contribution in [0.1, 0.15) is 0 Å². The largest absolute Gasteiger partial charge is 0.376 e. The van der Waals surface area contributed by atoms with E-state index >= 15 is 0 Å². The highest BCUT2D eigenvalue weighted by molar-refractivity contribution is 4.75. The standard InChI is InChI=1S/C3H9N3O/c4-2-1-5-6-3(2)7/h2-3,5-7H,1,4H2. The lowest BCUT2D eigenvalue weighted by atomic mass is 10.3. The summed E-state index contributed by atoms with van der Waals surface area (Å²) < 4.78 is 0. The van der Waals surface area contributed by atoms with E-state index in [1.807, 2.05) is 0 Å². The fraction of sp³-hybridized carbons (Fsp3) is 1.00. The highest BCUT2D eigenvalue weighted by atomic mass is 16.3. The molecule has 1 aliphatic rings. The number of hydrogen-bond acceptors (Lipinski definition) is 4. The maximum Gasteiger partial charge on any atom is 0.133 e. The quantitative estimate of drug-likeness (QED) is 0.279. The number of aliphatic hydroxyl groups is 1. The number of hydrazine groups is 1. The molecular formula is C3H9N3O. The van der Waals surface area contributed by atoms with Gasteiger partial charge in [-0.3, -0.25) is 5.43 Å². The van der Waals surface area contributed by atoms with Crippen molar-refractivity contribution >= 4 is 0 Å². The molecule has 1 heterocycles. The fourth-order valence-corrected chi connectivity index (χ4v) is 0.500. The number of rotatable bonds is 0. The molecule has 4 heteroatoms. The third-order valence-electron chi connectivity index (χ3n) is 0.993. The van der Waals surface area contributed by atoms with Gasteiger partial charge in [0.1, 0.15) is 6.23 Å². The normalized spacial score (nSPS) is 42.0. The molecule has 7 heavy (non-hydrogen) atoms. The second-order valence-corrected chi connectivity index (χ2v) is 1.63. The van der Waals surface area contributed by atoms with E-state index in [4.69, 9.17) is 10.8 Å². The Balaban J connectivity index is 2.33. The van der Waals surface area contributed by atoms with Crippen LogP contribution < -0.4 is 16.6 Å². The third-order valence-corrected chi connectivity index (χ3v) is 0.993. The van der Waals surface area contributed by atoms with Gasteiger partial charge in [0.2, 0.25) is 0 Å². The SMILES string of the molecule is NC1CNNC1O. The summed E-state index contributed by atoms with van der Waals surface area (Å²) in [6.07, 6.45) is -0.569. The molecule has 4 nitrogen and oxygen atoms in total. The van der Waals surface area contributed by atoms with Gasteiger partial charge in [0.25, 0.3) is 0 Å². The first-order chi connectivity index (χ1) is 3.30. The molecule has 1 aliphatic heterocycles. The first-order valence-corrected chi connectivity index (χ1v) is 2.23. The molecule has 2 atom stereocenters. The Kier molecular flexibility index (Phi) is 1.25. The monoisotopic (exact) mass is 103 g/mol. The maximum absolute atomic E-state index is 8.70. The van der Waals surface area contributed by atoms with Crippen molar-refractivity contribution in [2.45, 2.75) is 12.3 Å². The topological polar surface area (TPSA) is 70.3 Å². The van der Waals surface area contributed by atoms with Gasteiger partial charge in [-0.05, 0) is 0 Å². The van der Waals surface area contributed by atoms with Gasteiger partial charge in [-0.25, -0.2) is 5.43 Å². The van der Waals surface area contributed by atoms with E-state index in [9.17, 15) is 0 Å². The van der Waals surface area contributed by atoms with Gasteiger partial charge >= 0.3 is 0 Å². The minimum Gasteiger partial charge on any atom is -0.376 e. The van der Waals surface area contributed by atoms with Crippen molar-refractivity contribution in [3.63, 3.8) is 0 Å². The van der Waals surface area contributed by atoms with Crippen LogP contribution in [0.25, 0.3) is 0 Å². The van der Waals surface area contributed by atoms with E-state index < -0.39 is 6.23 Å². The lowest BCUT2D eigenvalue weighted by Gasteiger charge is -2.03. The van der Waals surface area contributed by atoms with E-state index in [0.717, 1.165) is 0 Å². The zero-order valence-corrected chi connectivity index (χ0v) is 3.89. The maximum atomic E-state index is 8.70. The summed E-state index contributed by atoms with van der Waals surface area (Å²) in [6, 6.07) is -0.153. The van der Waals surface area contributed by atoms with Crippen LogP contribution in [0.15, 0.2) is 0 Å². The molecule has 0 bridgehead atoms. The number of nitrogens with one attached hydrogen (secondary N) is 2. The van der Waals surface area contributed by atoms with Crippen LogP contribution in [0.4, 0.5) is 0 Å². The Hall–Kier alpha value is -0.160. The molecule has 0 aromatic carbocycles. The predicted octanol–water partition coefficient (Wildman–Crippen LogP) is -2.26. The number of hydrogen-bond donors (Lipinski definition) is 4. The summed E-state index contributed by atoms with van der Waals surface area (Å²) in [7, 11) is 0.